The Hall–Kier alpha value is -2.73. The molecule has 2 amide bonds. The molecular formula is C18H16FN3OS. The van der Waals surface area contributed by atoms with Crippen molar-refractivity contribution >= 4 is 23.1 Å². The Bertz CT molecular complexity index is 801. The van der Waals surface area contributed by atoms with Crippen LogP contribution in [-0.4, -0.2) is 11.0 Å². The minimum absolute atomic E-state index is 0.181. The van der Waals surface area contributed by atoms with E-state index in [2.05, 4.69) is 15.6 Å². The smallest absolute Gasteiger partial charge is 0.320 e. The number of benzene rings is 2. The molecule has 0 saturated carbocycles. The minimum Gasteiger partial charge on any atom is -0.324 e. The first kappa shape index (κ1) is 16.1. The number of rotatable bonds is 4. The predicted octanol–water partition coefficient (Wildman–Crippen LogP) is 4.50. The van der Waals surface area contributed by atoms with E-state index in [1.54, 1.807) is 25.3 Å². The van der Waals surface area contributed by atoms with Crippen molar-refractivity contribution in [1.82, 2.24) is 10.3 Å². The molecule has 0 saturated heterocycles. The van der Waals surface area contributed by atoms with Crippen molar-refractivity contribution in [2.45, 2.75) is 13.0 Å². The van der Waals surface area contributed by atoms with E-state index in [1.165, 1.54) is 17.4 Å². The molecule has 1 heterocycles. The highest BCUT2D eigenvalue weighted by Gasteiger charge is 2.20. The topological polar surface area (TPSA) is 54.0 Å². The van der Waals surface area contributed by atoms with Gasteiger partial charge in [0.15, 0.2) is 0 Å². The number of urea groups is 1. The zero-order valence-electron chi connectivity index (χ0n) is 13.0. The summed E-state index contributed by atoms with van der Waals surface area (Å²) in [6.07, 6.45) is 1.69. The summed E-state index contributed by atoms with van der Waals surface area (Å²) in [6.45, 7) is 1.74. The van der Waals surface area contributed by atoms with Crippen LogP contribution in [0.1, 0.15) is 22.2 Å². The van der Waals surface area contributed by atoms with E-state index in [-0.39, 0.29) is 5.69 Å². The van der Waals surface area contributed by atoms with Crippen molar-refractivity contribution in [1.29, 1.82) is 0 Å². The molecule has 2 aromatic carbocycles. The van der Waals surface area contributed by atoms with Crippen molar-refractivity contribution < 1.29 is 9.18 Å². The van der Waals surface area contributed by atoms with Crippen molar-refractivity contribution in [2.24, 2.45) is 0 Å². The molecule has 0 bridgehead atoms. The number of anilines is 1. The summed E-state index contributed by atoms with van der Waals surface area (Å²) in [5.74, 6) is -0.462. The highest BCUT2D eigenvalue weighted by Crippen LogP contribution is 2.24. The highest BCUT2D eigenvalue weighted by molar-refractivity contribution is 7.09. The van der Waals surface area contributed by atoms with Gasteiger partial charge >= 0.3 is 6.03 Å². The van der Waals surface area contributed by atoms with E-state index in [9.17, 15) is 9.18 Å². The fourth-order valence-electron chi connectivity index (χ4n) is 2.38. The third-order valence-electron chi connectivity index (χ3n) is 3.57. The van der Waals surface area contributed by atoms with Crippen molar-refractivity contribution in [2.75, 3.05) is 5.32 Å². The number of thiazole rings is 1. The second-order valence-corrected chi connectivity index (χ2v) is 6.17. The molecule has 0 aliphatic rings. The Morgan fingerprint density at radius 3 is 2.62 bits per heavy atom. The molecule has 6 heteroatoms. The second-order valence-electron chi connectivity index (χ2n) is 5.24. The minimum atomic E-state index is -0.479. The number of nitrogens with zero attached hydrogens (tertiary/aromatic N) is 1. The van der Waals surface area contributed by atoms with E-state index in [0.717, 1.165) is 10.6 Å². The van der Waals surface area contributed by atoms with E-state index in [0.29, 0.717) is 5.56 Å². The molecule has 3 aromatic rings. The van der Waals surface area contributed by atoms with E-state index in [1.807, 2.05) is 35.7 Å². The zero-order chi connectivity index (χ0) is 16.9. The molecule has 0 unspecified atom stereocenters. The quantitative estimate of drug-likeness (QED) is 0.734. The van der Waals surface area contributed by atoms with Gasteiger partial charge in [0.1, 0.15) is 16.9 Å². The number of aryl methyl sites for hydroxylation is 1. The normalized spacial score (nSPS) is 11.8. The van der Waals surface area contributed by atoms with Crippen LogP contribution in [0.4, 0.5) is 14.9 Å². The van der Waals surface area contributed by atoms with Crippen LogP contribution in [-0.2, 0) is 0 Å². The molecule has 0 aliphatic carbocycles. The van der Waals surface area contributed by atoms with E-state index < -0.39 is 17.9 Å². The second kappa shape index (κ2) is 7.23. The fraction of sp³-hybridized carbons (Fsp3) is 0.111. The molecule has 0 aliphatic heterocycles. The maximum Gasteiger partial charge on any atom is 0.320 e. The molecular weight excluding hydrogens is 325 g/mol. The van der Waals surface area contributed by atoms with Crippen molar-refractivity contribution in [3.63, 3.8) is 0 Å². The largest absolute Gasteiger partial charge is 0.324 e. The average molecular weight is 341 g/mol. The van der Waals surface area contributed by atoms with Crippen LogP contribution < -0.4 is 10.6 Å². The van der Waals surface area contributed by atoms with Gasteiger partial charge in [-0.25, -0.2) is 14.2 Å². The Kier molecular flexibility index (Phi) is 4.86. The zero-order valence-corrected chi connectivity index (χ0v) is 13.8. The molecule has 1 aromatic heterocycles. The Morgan fingerprint density at radius 1 is 1.17 bits per heavy atom. The lowest BCUT2D eigenvalue weighted by Crippen LogP contribution is -2.33. The number of aromatic nitrogens is 1. The molecule has 0 radical (unpaired) electrons. The number of carbonyl (C=O) groups is 1. The van der Waals surface area contributed by atoms with Crippen molar-refractivity contribution in [3.8, 4) is 0 Å². The van der Waals surface area contributed by atoms with Gasteiger partial charge in [0, 0.05) is 11.6 Å². The van der Waals surface area contributed by atoms with Gasteiger partial charge in [-0.1, -0.05) is 42.5 Å². The Balaban J connectivity index is 1.82. The van der Waals surface area contributed by atoms with Gasteiger partial charge in [0.25, 0.3) is 0 Å². The van der Waals surface area contributed by atoms with Gasteiger partial charge in [-0.3, -0.25) is 0 Å². The molecule has 0 spiro atoms. The number of carbonyl (C=O) groups excluding carboxylic acids is 1. The maximum atomic E-state index is 13.9. The fourth-order valence-corrected chi connectivity index (χ4v) is 3.10. The number of amides is 2. The lowest BCUT2D eigenvalue weighted by atomic mass is 10.1. The highest BCUT2D eigenvalue weighted by atomic mass is 32.1. The lowest BCUT2D eigenvalue weighted by Gasteiger charge is -2.18. The summed E-state index contributed by atoms with van der Waals surface area (Å²) in [6, 6.07) is 13.3. The summed E-state index contributed by atoms with van der Waals surface area (Å²) >= 11 is 1.45. The molecule has 24 heavy (non-hydrogen) atoms. The number of hydrogen-bond donors (Lipinski definition) is 2. The van der Waals surface area contributed by atoms with Crippen LogP contribution in [0.2, 0.25) is 0 Å². The Morgan fingerprint density at radius 2 is 1.96 bits per heavy atom. The maximum absolute atomic E-state index is 13.9. The van der Waals surface area contributed by atoms with Crippen LogP contribution in [0.25, 0.3) is 0 Å². The average Bonchev–Trinajstić information content (AvgIpc) is 3.11. The molecule has 4 nitrogen and oxygen atoms in total. The lowest BCUT2D eigenvalue weighted by molar-refractivity contribution is 0.250. The number of halogens is 1. The van der Waals surface area contributed by atoms with Crippen LogP contribution in [0, 0.1) is 12.7 Å². The number of nitrogens with one attached hydrogen (secondary N) is 2. The first-order chi connectivity index (χ1) is 11.6. The number of para-hydroxylation sites is 1. The van der Waals surface area contributed by atoms with Crippen molar-refractivity contribution in [3.05, 3.63) is 82.1 Å². The summed E-state index contributed by atoms with van der Waals surface area (Å²) in [4.78, 5) is 16.7. The van der Waals surface area contributed by atoms with Crippen LogP contribution in [0.5, 0.6) is 0 Å². The third-order valence-corrected chi connectivity index (χ3v) is 4.41. The Labute approximate surface area is 143 Å². The summed E-state index contributed by atoms with van der Waals surface area (Å²) in [5, 5.41) is 8.08. The molecule has 122 valence electrons. The first-order valence-corrected chi connectivity index (χ1v) is 8.30. The summed E-state index contributed by atoms with van der Waals surface area (Å²) < 4.78 is 13.9. The molecule has 0 fully saturated rings. The SMILES string of the molecule is Cc1cccc(F)c1NC(=O)N[C@H](c1ccccc1)c1nccs1. The molecule has 3 rings (SSSR count). The summed E-state index contributed by atoms with van der Waals surface area (Å²) in [7, 11) is 0. The van der Waals surface area contributed by atoms with Gasteiger partial charge in [-0.05, 0) is 24.1 Å². The van der Waals surface area contributed by atoms with Crippen LogP contribution >= 0.6 is 11.3 Å². The van der Waals surface area contributed by atoms with Gasteiger partial charge in [0.2, 0.25) is 0 Å². The van der Waals surface area contributed by atoms with Gasteiger partial charge in [0.05, 0.1) is 5.69 Å². The van der Waals surface area contributed by atoms with E-state index in [4.69, 9.17) is 0 Å². The molecule has 1 atom stereocenters. The summed E-state index contributed by atoms with van der Waals surface area (Å²) in [5.41, 5.74) is 1.75. The molecule has 2 N–H and O–H groups in total. The van der Waals surface area contributed by atoms with Gasteiger partial charge < -0.3 is 10.6 Å². The first-order valence-electron chi connectivity index (χ1n) is 7.42. The van der Waals surface area contributed by atoms with Gasteiger partial charge in [-0.15, -0.1) is 11.3 Å². The monoisotopic (exact) mass is 341 g/mol. The standard InChI is InChI=1S/C18H16FN3OS/c1-12-6-5-9-14(19)15(12)21-18(23)22-16(17-20-10-11-24-17)13-7-3-2-4-8-13/h2-11,16H,1H3,(H2,21,22,23)/t16-/m1/s1. The van der Waals surface area contributed by atoms with Crippen LogP contribution in [0.3, 0.4) is 0 Å². The number of hydrogen-bond acceptors (Lipinski definition) is 3. The van der Waals surface area contributed by atoms with Gasteiger partial charge in [-0.2, -0.15) is 0 Å². The van der Waals surface area contributed by atoms with Crippen LogP contribution in [0.15, 0.2) is 60.1 Å². The predicted molar refractivity (Wildman–Crippen MR) is 93.7 cm³/mol. The third kappa shape index (κ3) is 3.60. The van der Waals surface area contributed by atoms with E-state index >= 15 is 0 Å².